The molecule has 1 aromatic heterocycles. The summed E-state index contributed by atoms with van der Waals surface area (Å²) in [5.41, 5.74) is 1.29. The van der Waals surface area contributed by atoms with Gasteiger partial charge in [0.05, 0.1) is 5.69 Å². The summed E-state index contributed by atoms with van der Waals surface area (Å²) in [4.78, 5) is 20.1. The number of fused-ring (bicyclic) bond motifs is 1. The topological polar surface area (TPSA) is 72.8 Å². The molecule has 2 heterocycles. The predicted octanol–water partition coefficient (Wildman–Crippen LogP) is -0.371. The smallest absolute Gasteiger partial charge is 0.255 e. The molecule has 0 saturated carbocycles. The van der Waals surface area contributed by atoms with Crippen LogP contribution in [-0.2, 0) is 13.0 Å². The largest absolute Gasteiger partial charge is 0.300 e. The highest BCUT2D eigenvalue weighted by Crippen LogP contribution is 2.11. The molecule has 0 saturated heterocycles. The molecule has 1 N–H and O–H groups in total. The fourth-order valence-corrected chi connectivity index (χ4v) is 1.62. The molecule has 5 heteroatoms. The van der Waals surface area contributed by atoms with Gasteiger partial charge in [0.15, 0.2) is 0 Å². The number of aromatic amines is 1. The molecule has 0 bridgehead atoms. The van der Waals surface area contributed by atoms with Crippen LogP contribution in [0.4, 0.5) is 0 Å². The van der Waals surface area contributed by atoms with Crippen LogP contribution in [0.5, 0.6) is 0 Å². The van der Waals surface area contributed by atoms with E-state index < -0.39 is 0 Å². The van der Waals surface area contributed by atoms with Gasteiger partial charge in [-0.05, 0) is 13.5 Å². The van der Waals surface area contributed by atoms with E-state index in [-0.39, 0.29) is 11.4 Å². The van der Waals surface area contributed by atoms with Crippen LogP contribution in [0.3, 0.4) is 0 Å². The first-order chi connectivity index (χ1) is 6.70. The number of hydrogen-bond acceptors (Lipinski definition) is 4. The van der Waals surface area contributed by atoms with Crippen LogP contribution in [0, 0.1) is 11.3 Å². The van der Waals surface area contributed by atoms with Gasteiger partial charge in [0.1, 0.15) is 6.07 Å². The van der Waals surface area contributed by atoms with E-state index in [4.69, 9.17) is 5.26 Å². The van der Waals surface area contributed by atoms with Crippen molar-refractivity contribution in [1.82, 2.24) is 14.9 Å². The summed E-state index contributed by atoms with van der Waals surface area (Å²) < 4.78 is 0. The van der Waals surface area contributed by atoms with Crippen molar-refractivity contribution in [3.8, 4) is 6.07 Å². The molecule has 1 aliphatic rings. The van der Waals surface area contributed by atoms with Gasteiger partial charge in [-0.25, -0.2) is 4.98 Å². The van der Waals surface area contributed by atoms with Crippen LogP contribution in [-0.4, -0.2) is 28.5 Å². The van der Waals surface area contributed by atoms with Crippen molar-refractivity contribution in [3.05, 3.63) is 27.4 Å². The zero-order valence-corrected chi connectivity index (χ0v) is 7.87. The highest BCUT2D eigenvalue weighted by atomic mass is 16.1. The second-order valence-corrected chi connectivity index (χ2v) is 3.44. The zero-order chi connectivity index (χ0) is 10.1. The lowest BCUT2D eigenvalue weighted by Gasteiger charge is -2.22. The van der Waals surface area contributed by atoms with Gasteiger partial charge in [0, 0.05) is 18.7 Å². The lowest BCUT2D eigenvalue weighted by Crippen LogP contribution is -2.33. The number of likely N-dealkylation sites (N-methyl/N-ethyl adjacent to an activating group) is 1. The first-order valence-electron chi connectivity index (χ1n) is 4.41. The molecule has 14 heavy (non-hydrogen) atoms. The second-order valence-electron chi connectivity index (χ2n) is 3.44. The molecule has 0 aliphatic carbocycles. The van der Waals surface area contributed by atoms with Crippen molar-refractivity contribution in [1.29, 1.82) is 5.26 Å². The number of aromatic nitrogens is 2. The average molecular weight is 190 g/mol. The van der Waals surface area contributed by atoms with E-state index >= 15 is 0 Å². The van der Waals surface area contributed by atoms with Crippen molar-refractivity contribution in [2.24, 2.45) is 0 Å². The van der Waals surface area contributed by atoms with Crippen molar-refractivity contribution in [2.45, 2.75) is 13.0 Å². The van der Waals surface area contributed by atoms with Gasteiger partial charge in [-0.3, -0.25) is 9.78 Å². The lowest BCUT2D eigenvalue weighted by molar-refractivity contribution is 0.306. The molecule has 1 aromatic rings. The normalized spacial score (nSPS) is 16.0. The summed E-state index contributed by atoms with van der Waals surface area (Å²) in [6.45, 7) is 1.51. The quantitative estimate of drug-likeness (QED) is 0.605. The molecule has 0 aromatic carbocycles. The van der Waals surface area contributed by atoms with Crippen LogP contribution in [0.15, 0.2) is 4.79 Å². The molecule has 1 aliphatic heterocycles. The second kappa shape index (κ2) is 3.24. The molecule has 0 amide bonds. The van der Waals surface area contributed by atoms with E-state index in [2.05, 4.69) is 14.9 Å². The zero-order valence-electron chi connectivity index (χ0n) is 7.87. The Kier molecular flexibility index (Phi) is 2.06. The summed E-state index contributed by atoms with van der Waals surface area (Å²) in [5, 5.41) is 8.63. The summed E-state index contributed by atoms with van der Waals surface area (Å²) in [5.74, 6) is 0.101. The predicted molar refractivity (Wildman–Crippen MR) is 49.6 cm³/mol. The molecule has 72 valence electrons. The summed E-state index contributed by atoms with van der Waals surface area (Å²) >= 11 is 0. The number of nitrogens with zero attached hydrogens (tertiary/aromatic N) is 3. The molecule has 0 unspecified atom stereocenters. The molecular formula is C9H10N4O. The van der Waals surface area contributed by atoms with Crippen LogP contribution >= 0.6 is 0 Å². The molecule has 5 nitrogen and oxygen atoms in total. The van der Waals surface area contributed by atoms with E-state index in [9.17, 15) is 4.79 Å². The Labute approximate surface area is 81.0 Å². The van der Waals surface area contributed by atoms with Gasteiger partial charge >= 0.3 is 0 Å². The average Bonchev–Trinajstić information content (AvgIpc) is 2.16. The molecule has 0 radical (unpaired) electrons. The Morgan fingerprint density at radius 3 is 3.14 bits per heavy atom. The van der Waals surface area contributed by atoms with Crippen molar-refractivity contribution < 1.29 is 0 Å². The fraction of sp³-hybridized carbons (Fsp3) is 0.444. The summed E-state index contributed by atoms with van der Waals surface area (Å²) in [6, 6.07) is 1.85. The van der Waals surface area contributed by atoms with E-state index in [1.54, 1.807) is 0 Å². The molecular weight excluding hydrogens is 180 g/mol. The third-order valence-electron chi connectivity index (χ3n) is 2.37. The Bertz CT molecular complexity index is 457. The Morgan fingerprint density at radius 1 is 1.64 bits per heavy atom. The van der Waals surface area contributed by atoms with Gasteiger partial charge in [-0.2, -0.15) is 5.26 Å². The van der Waals surface area contributed by atoms with Crippen molar-refractivity contribution in [3.63, 3.8) is 0 Å². The minimum absolute atomic E-state index is 0.101. The number of hydrogen-bond donors (Lipinski definition) is 1. The SMILES string of the molecule is CN1CCc2c(nc(C#N)[nH]c2=O)C1. The monoisotopic (exact) mass is 190 g/mol. The molecule has 2 rings (SSSR count). The van der Waals surface area contributed by atoms with Gasteiger partial charge in [0.2, 0.25) is 5.82 Å². The standard InChI is InChI=1S/C9H10N4O/c1-13-3-2-6-7(5-13)11-8(4-10)12-9(6)14/h2-3,5H2,1H3,(H,11,12,14). The van der Waals surface area contributed by atoms with E-state index in [1.165, 1.54) is 0 Å². The Hall–Kier alpha value is -1.67. The first-order valence-corrected chi connectivity index (χ1v) is 4.41. The highest BCUT2D eigenvalue weighted by molar-refractivity contribution is 5.24. The van der Waals surface area contributed by atoms with Crippen LogP contribution < -0.4 is 5.56 Å². The molecule has 0 spiro atoms. The number of rotatable bonds is 0. The third-order valence-corrected chi connectivity index (χ3v) is 2.37. The van der Waals surface area contributed by atoms with Crippen LogP contribution in [0.1, 0.15) is 17.1 Å². The number of H-pyrrole nitrogens is 1. The summed E-state index contributed by atoms with van der Waals surface area (Å²) in [6.07, 6.45) is 0.708. The van der Waals surface area contributed by atoms with Gasteiger partial charge in [-0.15, -0.1) is 0 Å². The minimum atomic E-state index is -0.167. The third kappa shape index (κ3) is 1.40. The maximum atomic E-state index is 11.5. The van der Waals surface area contributed by atoms with Gasteiger partial charge in [-0.1, -0.05) is 0 Å². The Morgan fingerprint density at radius 2 is 2.43 bits per heavy atom. The van der Waals surface area contributed by atoms with Gasteiger partial charge < -0.3 is 4.90 Å². The van der Waals surface area contributed by atoms with Crippen LogP contribution in [0.25, 0.3) is 0 Å². The lowest BCUT2D eigenvalue weighted by atomic mass is 10.1. The van der Waals surface area contributed by atoms with E-state index in [0.717, 1.165) is 17.8 Å². The summed E-state index contributed by atoms with van der Waals surface area (Å²) in [7, 11) is 1.97. The Balaban J connectivity index is 2.55. The van der Waals surface area contributed by atoms with Gasteiger partial charge in [0.25, 0.3) is 5.56 Å². The van der Waals surface area contributed by atoms with E-state index in [0.29, 0.717) is 13.0 Å². The number of nitrogens with one attached hydrogen (secondary N) is 1. The van der Waals surface area contributed by atoms with Crippen LogP contribution in [0.2, 0.25) is 0 Å². The minimum Gasteiger partial charge on any atom is -0.300 e. The van der Waals surface area contributed by atoms with E-state index in [1.807, 2.05) is 13.1 Å². The highest BCUT2D eigenvalue weighted by Gasteiger charge is 2.18. The molecule has 0 atom stereocenters. The van der Waals surface area contributed by atoms with Crippen molar-refractivity contribution >= 4 is 0 Å². The first kappa shape index (κ1) is 8.91. The maximum Gasteiger partial charge on any atom is 0.255 e. The number of nitriles is 1. The fourth-order valence-electron chi connectivity index (χ4n) is 1.62. The maximum absolute atomic E-state index is 11.5. The molecule has 0 fully saturated rings. The van der Waals surface area contributed by atoms with Crippen molar-refractivity contribution in [2.75, 3.05) is 13.6 Å².